The van der Waals surface area contributed by atoms with Crippen LogP contribution in [0.3, 0.4) is 0 Å². The summed E-state index contributed by atoms with van der Waals surface area (Å²) in [6.45, 7) is 0.760. The molecule has 1 fully saturated rings. The van der Waals surface area contributed by atoms with Gasteiger partial charge in [-0.15, -0.1) is 11.3 Å². The molecule has 0 unspecified atom stereocenters. The summed E-state index contributed by atoms with van der Waals surface area (Å²) < 4.78 is 7.12. The molecule has 0 radical (unpaired) electrons. The summed E-state index contributed by atoms with van der Waals surface area (Å²) >= 11 is 7.78. The largest absolute Gasteiger partial charge is 0.480 e. The van der Waals surface area contributed by atoms with Gasteiger partial charge in [0.1, 0.15) is 10.8 Å². The Morgan fingerprint density at radius 1 is 1.22 bits per heavy atom. The van der Waals surface area contributed by atoms with E-state index in [0.29, 0.717) is 11.4 Å². The van der Waals surface area contributed by atoms with E-state index in [2.05, 4.69) is 6.07 Å². The van der Waals surface area contributed by atoms with Gasteiger partial charge in [0.2, 0.25) is 0 Å². The lowest BCUT2D eigenvalue weighted by Crippen LogP contribution is -2.45. The molecule has 0 N–H and O–H groups in total. The molecule has 3 aromatic rings. The van der Waals surface area contributed by atoms with Gasteiger partial charge in [-0.1, -0.05) is 23.7 Å². The number of ether oxygens (including phenoxy) is 1. The standard InChI is InChI=1S/C21H19ClN2O2S/c22-14-8-9-17-13(11-14)12-18(26-17)21(25)24-10-4-3-6-16(24)20-23-15-5-1-2-7-19(15)27-20/h1-2,5,7-9,11,16,18H,3-4,6,10,12H2/t16-,18-/m1/s1. The minimum Gasteiger partial charge on any atom is -0.480 e. The van der Waals surface area contributed by atoms with E-state index in [1.807, 2.05) is 35.2 Å². The molecule has 2 atom stereocenters. The van der Waals surface area contributed by atoms with Crippen LogP contribution in [0.4, 0.5) is 0 Å². The number of likely N-dealkylation sites (tertiary alicyclic amines) is 1. The number of hydrogen-bond donors (Lipinski definition) is 0. The van der Waals surface area contributed by atoms with Crippen molar-refractivity contribution in [2.75, 3.05) is 6.54 Å². The quantitative estimate of drug-likeness (QED) is 0.609. The maximum absolute atomic E-state index is 13.3. The summed E-state index contributed by atoms with van der Waals surface area (Å²) in [4.78, 5) is 20.1. The average Bonchev–Trinajstić information content (AvgIpc) is 3.31. The maximum Gasteiger partial charge on any atom is 0.264 e. The molecule has 0 saturated carbocycles. The Hall–Kier alpha value is -2.11. The third kappa shape index (κ3) is 3.09. The molecule has 4 nitrogen and oxygen atoms in total. The van der Waals surface area contributed by atoms with Crippen molar-refractivity contribution in [1.29, 1.82) is 0 Å². The first kappa shape index (κ1) is 17.0. The van der Waals surface area contributed by atoms with Crippen molar-refractivity contribution in [1.82, 2.24) is 9.88 Å². The Morgan fingerprint density at radius 2 is 2.11 bits per heavy atom. The first-order valence-corrected chi connectivity index (χ1v) is 10.5. The molecule has 138 valence electrons. The van der Waals surface area contributed by atoms with Gasteiger partial charge in [0.25, 0.3) is 5.91 Å². The molecule has 0 bridgehead atoms. The second kappa shape index (κ2) is 6.80. The van der Waals surface area contributed by atoms with E-state index in [1.54, 1.807) is 17.4 Å². The van der Waals surface area contributed by atoms with Gasteiger partial charge in [0, 0.05) is 18.0 Å². The number of halogens is 1. The topological polar surface area (TPSA) is 42.4 Å². The smallest absolute Gasteiger partial charge is 0.264 e. The van der Waals surface area contributed by atoms with Crippen LogP contribution in [-0.2, 0) is 11.2 Å². The van der Waals surface area contributed by atoms with Crippen LogP contribution in [0.25, 0.3) is 10.2 Å². The minimum absolute atomic E-state index is 0.0413. The number of amides is 1. The van der Waals surface area contributed by atoms with Crippen molar-refractivity contribution >= 4 is 39.1 Å². The molecule has 1 saturated heterocycles. The highest BCUT2D eigenvalue weighted by molar-refractivity contribution is 7.18. The number of fused-ring (bicyclic) bond motifs is 2. The Morgan fingerprint density at radius 3 is 3.00 bits per heavy atom. The summed E-state index contributed by atoms with van der Waals surface area (Å²) in [5, 5.41) is 1.71. The zero-order chi connectivity index (χ0) is 18.4. The normalized spacial score (nSPS) is 21.9. The Balaban J connectivity index is 1.41. The van der Waals surface area contributed by atoms with Crippen molar-refractivity contribution < 1.29 is 9.53 Å². The summed E-state index contributed by atoms with van der Waals surface area (Å²) in [7, 11) is 0. The number of aromatic nitrogens is 1. The molecule has 2 aliphatic rings. The number of thiazole rings is 1. The maximum atomic E-state index is 13.3. The van der Waals surface area contributed by atoms with Crippen LogP contribution in [0, 0.1) is 0 Å². The van der Waals surface area contributed by atoms with Crippen LogP contribution in [0.5, 0.6) is 5.75 Å². The monoisotopic (exact) mass is 398 g/mol. The number of benzene rings is 2. The van der Waals surface area contributed by atoms with E-state index in [9.17, 15) is 4.79 Å². The van der Waals surface area contributed by atoms with Gasteiger partial charge < -0.3 is 9.64 Å². The number of piperidine rings is 1. The molecule has 0 aliphatic carbocycles. The highest BCUT2D eigenvalue weighted by Crippen LogP contribution is 2.38. The second-order valence-electron chi connectivity index (χ2n) is 7.13. The van der Waals surface area contributed by atoms with Gasteiger partial charge in [-0.05, 0) is 55.2 Å². The van der Waals surface area contributed by atoms with Crippen molar-refractivity contribution in [3.63, 3.8) is 0 Å². The predicted molar refractivity (Wildman–Crippen MR) is 107 cm³/mol. The number of hydrogen-bond acceptors (Lipinski definition) is 4. The molecule has 27 heavy (non-hydrogen) atoms. The Bertz CT molecular complexity index is 985. The van der Waals surface area contributed by atoms with Gasteiger partial charge in [0.15, 0.2) is 6.10 Å². The van der Waals surface area contributed by atoms with E-state index < -0.39 is 6.10 Å². The van der Waals surface area contributed by atoms with Crippen LogP contribution in [0.1, 0.15) is 35.9 Å². The van der Waals surface area contributed by atoms with E-state index in [0.717, 1.165) is 47.6 Å². The number of para-hydroxylation sites is 1. The molecular weight excluding hydrogens is 380 g/mol. The van der Waals surface area contributed by atoms with Crippen LogP contribution in [-0.4, -0.2) is 28.4 Å². The fourth-order valence-electron chi connectivity index (χ4n) is 4.02. The lowest BCUT2D eigenvalue weighted by molar-refractivity contribution is -0.142. The highest BCUT2D eigenvalue weighted by atomic mass is 35.5. The van der Waals surface area contributed by atoms with Crippen LogP contribution >= 0.6 is 22.9 Å². The summed E-state index contributed by atoms with van der Waals surface area (Å²) in [6.07, 6.45) is 3.22. The molecule has 2 aliphatic heterocycles. The molecular formula is C21H19ClN2O2S. The van der Waals surface area contributed by atoms with Crippen LogP contribution < -0.4 is 4.74 Å². The molecule has 3 heterocycles. The first-order valence-electron chi connectivity index (χ1n) is 9.30. The average molecular weight is 399 g/mol. The van der Waals surface area contributed by atoms with Gasteiger partial charge in [0.05, 0.1) is 16.3 Å². The molecule has 1 aromatic heterocycles. The molecule has 5 rings (SSSR count). The SMILES string of the molecule is O=C([C@H]1Cc2cc(Cl)ccc2O1)N1CCCC[C@@H]1c1nc2ccccc2s1. The van der Waals surface area contributed by atoms with Crippen molar-refractivity contribution in [3.8, 4) is 5.75 Å². The van der Waals surface area contributed by atoms with Crippen LogP contribution in [0.2, 0.25) is 5.02 Å². The van der Waals surface area contributed by atoms with Crippen molar-refractivity contribution in [3.05, 3.63) is 58.1 Å². The van der Waals surface area contributed by atoms with Gasteiger partial charge >= 0.3 is 0 Å². The fourth-order valence-corrected chi connectivity index (χ4v) is 5.33. The van der Waals surface area contributed by atoms with E-state index in [1.165, 1.54) is 4.70 Å². The summed E-state index contributed by atoms with van der Waals surface area (Å²) in [5.74, 6) is 0.831. The van der Waals surface area contributed by atoms with Gasteiger partial charge in [-0.2, -0.15) is 0 Å². The van der Waals surface area contributed by atoms with Gasteiger partial charge in [-0.25, -0.2) is 4.98 Å². The molecule has 6 heteroatoms. The lowest BCUT2D eigenvalue weighted by atomic mass is 10.0. The van der Waals surface area contributed by atoms with Crippen molar-refractivity contribution in [2.45, 2.75) is 37.8 Å². The Labute approximate surface area is 166 Å². The minimum atomic E-state index is -0.464. The highest BCUT2D eigenvalue weighted by Gasteiger charge is 2.38. The van der Waals surface area contributed by atoms with E-state index in [-0.39, 0.29) is 11.9 Å². The molecule has 2 aromatic carbocycles. The van der Waals surface area contributed by atoms with E-state index in [4.69, 9.17) is 21.3 Å². The number of carbonyl (C=O) groups is 1. The third-order valence-corrected chi connectivity index (χ3v) is 6.73. The second-order valence-corrected chi connectivity index (χ2v) is 8.62. The zero-order valence-electron chi connectivity index (χ0n) is 14.7. The third-order valence-electron chi connectivity index (χ3n) is 5.35. The first-order chi connectivity index (χ1) is 13.2. The summed E-state index contributed by atoms with van der Waals surface area (Å²) in [5.41, 5.74) is 2.02. The molecule has 1 amide bonds. The lowest BCUT2D eigenvalue weighted by Gasteiger charge is -2.35. The summed E-state index contributed by atoms with van der Waals surface area (Å²) in [6, 6.07) is 13.7. The number of carbonyl (C=O) groups excluding carboxylic acids is 1. The molecule has 0 spiro atoms. The van der Waals surface area contributed by atoms with Gasteiger partial charge in [-0.3, -0.25) is 4.79 Å². The number of nitrogens with zero attached hydrogens (tertiary/aromatic N) is 2. The Kier molecular flexibility index (Phi) is 4.29. The number of rotatable bonds is 2. The van der Waals surface area contributed by atoms with Crippen LogP contribution in [0.15, 0.2) is 42.5 Å². The predicted octanol–water partition coefficient (Wildman–Crippen LogP) is 5.01. The van der Waals surface area contributed by atoms with Crippen molar-refractivity contribution in [2.24, 2.45) is 0 Å². The zero-order valence-corrected chi connectivity index (χ0v) is 16.3. The van der Waals surface area contributed by atoms with E-state index >= 15 is 0 Å². The fraction of sp³-hybridized carbons (Fsp3) is 0.333.